The highest BCUT2D eigenvalue weighted by Gasteiger charge is 2.14. The molecule has 0 saturated heterocycles. The minimum atomic E-state index is -0.446. The topological polar surface area (TPSA) is 99.3 Å². The summed E-state index contributed by atoms with van der Waals surface area (Å²) in [7, 11) is 0. The quantitative estimate of drug-likeness (QED) is 0.247. The van der Waals surface area contributed by atoms with Gasteiger partial charge < -0.3 is 10.1 Å². The van der Waals surface area contributed by atoms with Crippen molar-refractivity contribution < 1.29 is 18.8 Å². The zero-order valence-corrected chi connectivity index (χ0v) is 19.3. The molecule has 1 N–H and O–H groups in total. The van der Waals surface area contributed by atoms with E-state index in [-0.39, 0.29) is 29.0 Å². The van der Waals surface area contributed by atoms with Crippen molar-refractivity contribution in [3.63, 3.8) is 0 Å². The summed E-state index contributed by atoms with van der Waals surface area (Å²) >= 11 is 6.23. The van der Waals surface area contributed by atoms with Gasteiger partial charge in [0.2, 0.25) is 0 Å². The maximum atomic E-state index is 13.4. The van der Waals surface area contributed by atoms with Crippen LogP contribution in [0.3, 0.4) is 0 Å². The van der Waals surface area contributed by atoms with E-state index in [0.29, 0.717) is 29.0 Å². The predicted octanol–water partition coefficient (Wildman–Crippen LogP) is 5.77. The van der Waals surface area contributed by atoms with Gasteiger partial charge in [-0.05, 0) is 54.4 Å². The number of anilines is 1. The smallest absolute Gasteiger partial charge is 0.272 e. The molecule has 0 aliphatic carbocycles. The average molecular weight is 495 g/mol. The third kappa shape index (κ3) is 6.01. The van der Waals surface area contributed by atoms with Gasteiger partial charge in [-0.25, -0.2) is 4.39 Å². The largest absolute Gasteiger partial charge is 0.489 e. The first-order valence-corrected chi connectivity index (χ1v) is 10.9. The van der Waals surface area contributed by atoms with Gasteiger partial charge in [-0.15, -0.1) is 0 Å². The molecule has 0 atom stereocenters. The van der Waals surface area contributed by atoms with Gasteiger partial charge in [0.1, 0.15) is 23.2 Å². The fourth-order valence-corrected chi connectivity index (χ4v) is 3.65. The highest BCUT2D eigenvalue weighted by atomic mass is 35.5. The number of hydrogen-bond donors (Lipinski definition) is 1. The van der Waals surface area contributed by atoms with Crippen LogP contribution in [0.4, 0.5) is 15.9 Å². The number of carbonyl (C=O) groups excluding carboxylic acids is 1. The van der Waals surface area contributed by atoms with E-state index in [1.165, 1.54) is 28.9 Å². The summed E-state index contributed by atoms with van der Waals surface area (Å²) in [6, 6.07) is 17.5. The van der Waals surface area contributed by atoms with E-state index in [0.717, 1.165) is 5.56 Å². The van der Waals surface area contributed by atoms with Crippen LogP contribution in [0.1, 0.15) is 27.0 Å². The van der Waals surface area contributed by atoms with Gasteiger partial charge in [0.05, 0.1) is 11.5 Å². The molecule has 0 bridgehead atoms. The number of aryl methyl sites for hydroxylation is 1. The first-order valence-electron chi connectivity index (χ1n) is 10.5. The minimum Gasteiger partial charge on any atom is -0.489 e. The summed E-state index contributed by atoms with van der Waals surface area (Å²) in [5, 5.41) is 18.2. The lowest BCUT2D eigenvalue weighted by molar-refractivity contribution is -0.385. The molecular formula is C25H20ClFN4O4. The molecule has 3 aromatic carbocycles. The number of rotatable bonds is 8. The van der Waals surface area contributed by atoms with Crippen LogP contribution in [0.2, 0.25) is 5.02 Å². The molecule has 1 heterocycles. The fraction of sp³-hybridized carbons (Fsp3) is 0.120. The zero-order chi connectivity index (χ0) is 24.9. The van der Waals surface area contributed by atoms with Crippen molar-refractivity contribution in [1.82, 2.24) is 9.78 Å². The number of ether oxygens (including phenoxy) is 1. The van der Waals surface area contributed by atoms with Crippen molar-refractivity contribution in [3.05, 3.63) is 116 Å². The number of nitrogens with zero attached hydrogens (tertiary/aromatic N) is 3. The van der Waals surface area contributed by atoms with E-state index >= 15 is 0 Å². The molecule has 178 valence electrons. The van der Waals surface area contributed by atoms with Gasteiger partial charge in [-0.1, -0.05) is 35.9 Å². The predicted molar refractivity (Wildman–Crippen MR) is 129 cm³/mol. The van der Waals surface area contributed by atoms with Gasteiger partial charge in [-0.2, -0.15) is 5.10 Å². The third-order valence-corrected chi connectivity index (χ3v) is 5.42. The monoisotopic (exact) mass is 494 g/mol. The van der Waals surface area contributed by atoms with Crippen LogP contribution in [0, 0.1) is 22.9 Å². The molecule has 0 aliphatic heterocycles. The van der Waals surface area contributed by atoms with E-state index in [2.05, 4.69) is 10.4 Å². The molecule has 35 heavy (non-hydrogen) atoms. The molecule has 0 spiro atoms. The Morgan fingerprint density at radius 1 is 1.14 bits per heavy atom. The first kappa shape index (κ1) is 23.9. The van der Waals surface area contributed by atoms with Crippen LogP contribution in [0.15, 0.2) is 72.9 Å². The minimum absolute atomic E-state index is 0.0213. The van der Waals surface area contributed by atoms with Crippen LogP contribution in [-0.2, 0) is 13.2 Å². The number of halogens is 2. The van der Waals surface area contributed by atoms with Crippen molar-refractivity contribution >= 4 is 29.0 Å². The molecule has 8 nitrogen and oxygen atoms in total. The normalized spacial score (nSPS) is 10.7. The zero-order valence-electron chi connectivity index (χ0n) is 18.6. The Hall–Kier alpha value is -4.24. The Balaban J connectivity index is 1.40. The number of hydrogen-bond acceptors (Lipinski definition) is 5. The Bertz CT molecular complexity index is 1410. The summed E-state index contributed by atoms with van der Waals surface area (Å²) in [4.78, 5) is 23.3. The first-order chi connectivity index (χ1) is 16.8. The van der Waals surface area contributed by atoms with E-state index < -0.39 is 10.8 Å². The molecule has 0 fully saturated rings. The van der Waals surface area contributed by atoms with E-state index in [1.54, 1.807) is 55.6 Å². The second kappa shape index (κ2) is 10.4. The summed E-state index contributed by atoms with van der Waals surface area (Å²) in [6.07, 6.45) is 1.55. The molecule has 0 aliphatic rings. The molecule has 0 unspecified atom stereocenters. The lowest BCUT2D eigenvalue weighted by Gasteiger charge is -2.09. The van der Waals surface area contributed by atoms with Crippen LogP contribution in [-0.4, -0.2) is 20.6 Å². The maximum absolute atomic E-state index is 13.4. The van der Waals surface area contributed by atoms with E-state index in [4.69, 9.17) is 16.3 Å². The Morgan fingerprint density at radius 3 is 2.66 bits per heavy atom. The Morgan fingerprint density at radius 2 is 1.91 bits per heavy atom. The van der Waals surface area contributed by atoms with Crippen molar-refractivity contribution in [2.75, 3.05) is 5.32 Å². The standard InChI is InChI=1S/C25H20ClFN4O4/c1-16-10-21(8-9-23(16)31(33)34)35-15-18-5-2-6-19(11-18)25(32)28-24-22(26)14-30(29-24)13-17-4-3-7-20(27)12-17/h2-12,14H,13,15H2,1H3,(H,28,29,32). The number of nitrogens with one attached hydrogen (secondary N) is 1. The van der Waals surface area contributed by atoms with E-state index in [9.17, 15) is 19.3 Å². The van der Waals surface area contributed by atoms with Gasteiger partial charge >= 0.3 is 0 Å². The highest BCUT2D eigenvalue weighted by Crippen LogP contribution is 2.24. The molecule has 4 aromatic rings. The van der Waals surface area contributed by atoms with Gasteiger partial charge in [0.25, 0.3) is 11.6 Å². The summed E-state index contributed by atoms with van der Waals surface area (Å²) < 4.78 is 20.7. The lowest BCUT2D eigenvalue weighted by Crippen LogP contribution is -2.13. The number of nitro benzene ring substituents is 1. The molecule has 10 heteroatoms. The molecule has 0 saturated carbocycles. The van der Waals surface area contributed by atoms with Gasteiger partial charge in [0.15, 0.2) is 5.82 Å². The van der Waals surface area contributed by atoms with Gasteiger partial charge in [-0.3, -0.25) is 19.6 Å². The Labute approximate surface area is 205 Å². The van der Waals surface area contributed by atoms with Crippen LogP contribution < -0.4 is 10.1 Å². The van der Waals surface area contributed by atoms with Crippen molar-refractivity contribution in [3.8, 4) is 5.75 Å². The number of nitro groups is 1. The number of carbonyl (C=O) groups is 1. The molecule has 4 rings (SSSR count). The molecule has 1 aromatic heterocycles. The van der Waals surface area contributed by atoms with Crippen molar-refractivity contribution in [2.45, 2.75) is 20.1 Å². The van der Waals surface area contributed by atoms with Crippen LogP contribution in [0.5, 0.6) is 5.75 Å². The third-order valence-electron chi connectivity index (χ3n) is 5.14. The highest BCUT2D eigenvalue weighted by molar-refractivity contribution is 6.33. The molecule has 1 amide bonds. The number of amides is 1. The fourth-order valence-electron chi connectivity index (χ4n) is 3.46. The average Bonchev–Trinajstić information content (AvgIpc) is 3.16. The molecular weight excluding hydrogens is 475 g/mol. The SMILES string of the molecule is Cc1cc(OCc2cccc(C(=O)Nc3nn(Cc4cccc(F)c4)cc3Cl)c2)ccc1[N+](=O)[O-]. The number of aromatic nitrogens is 2. The summed E-state index contributed by atoms with van der Waals surface area (Å²) in [6.45, 7) is 2.10. The van der Waals surface area contributed by atoms with Crippen LogP contribution in [0.25, 0.3) is 0 Å². The molecule has 0 radical (unpaired) electrons. The van der Waals surface area contributed by atoms with E-state index in [1.807, 2.05) is 0 Å². The van der Waals surface area contributed by atoms with Crippen LogP contribution >= 0.6 is 11.6 Å². The Kier molecular flexibility index (Phi) is 7.07. The maximum Gasteiger partial charge on any atom is 0.272 e. The van der Waals surface area contributed by atoms with Crippen molar-refractivity contribution in [1.29, 1.82) is 0 Å². The second-order valence-corrected chi connectivity index (χ2v) is 8.21. The summed E-state index contributed by atoms with van der Waals surface area (Å²) in [5.74, 6) is -0.0764. The number of benzene rings is 3. The van der Waals surface area contributed by atoms with Crippen molar-refractivity contribution in [2.24, 2.45) is 0 Å². The van der Waals surface area contributed by atoms with Gasteiger partial charge in [0, 0.05) is 23.4 Å². The lowest BCUT2D eigenvalue weighted by atomic mass is 10.1. The second-order valence-electron chi connectivity index (χ2n) is 7.80. The summed E-state index contributed by atoms with van der Waals surface area (Å²) in [5.41, 5.74) is 2.33.